The average molecular weight is 191 g/mol. The fourth-order valence-electron chi connectivity index (χ4n) is 1.16. The van der Waals surface area contributed by atoms with Gasteiger partial charge in [0.25, 0.3) is 0 Å². The first-order chi connectivity index (χ1) is 6.59. The maximum Gasteiger partial charge on any atom is 0.0744 e. The number of aromatic nitrogens is 2. The Morgan fingerprint density at radius 1 is 1.64 bits per heavy atom. The molecule has 0 aliphatic carbocycles. The highest BCUT2D eigenvalue weighted by Crippen LogP contribution is 2.03. The van der Waals surface area contributed by atoms with E-state index in [4.69, 9.17) is 6.42 Å². The van der Waals surface area contributed by atoms with Gasteiger partial charge in [-0.25, -0.2) is 0 Å². The van der Waals surface area contributed by atoms with E-state index in [1.807, 2.05) is 30.8 Å². The summed E-state index contributed by atoms with van der Waals surface area (Å²) in [6.07, 6.45) is 7.19. The lowest BCUT2D eigenvalue weighted by Gasteiger charge is -2.19. The molecule has 14 heavy (non-hydrogen) atoms. The summed E-state index contributed by atoms with van der Waals surface area (Å²) in [7, 11) is 0. The molecule has 0 saturated carbocycles. The Morgan fingerprint density at radius 2 is 2.36 bits per heavy atom. The molecule has 1 aromatic rings. The van der Waals surface area contributed by atoms with Gasteiger partial charge in [0.15, 0.2) is 0 Å². The van der Waals surface area contributed by atoms with Gasteiger partial charge in [-0.05, 0) is 26.8 Å². The molecule has 0 spiro atoms. The van der Waals surface area contributed by atoms with Crippen LogP contribution in [-0.2, 0) is 13.1 Å². The van der Waals surface area contributed by atoms with Crippen LogP contribution in [0.25, 0.3) is 0 Å². The molecule has 1 rings (SSSR count). The van der Waals surface area contributed by atoms with E-state index < -0.39 is 0 Å². The summed E-state index contributed by atoms with van der Waals surface area (Å²) in [6.45, 7) is 7.69. The minimum absolute atomic E-state index is 0.261. The molecular formula is C11H17N3. The highest BCUT2D eigenvalue weighted by Gasteiger charge is 2.13. The number of hydrogen-bond donors (Lipinski definition) is 1. The maximum absolute atomic E-state index is 5.38. The third-order valence-electron chi connectivity index (χ3n) is 2.18. The smallest absolute Gasteiger partial charge is 0.0744 e. The summed E-state index contributed by atoms with van der Waals surface area (Å²) in [4.78, 5) is 0. The van der Waals surface area contributed by atoms with E-state index in [1.165, 1.54) is 0 Å². The van der Waals surface area contributed by atoms with E-state index in [0.717, 1.165) is 18.8 Å². The molecule has 0 unspecified atom stereocenters. The van der Waals surface area contributed by atoms with Gasteiger partial charge in [-0.2, -0.15) is 5.10 Å². The average Bonchev–Trinajstić information content (AvgIpc) is 2.62. The lowest BCUT2D eigenvalue weighted by molar-refractivity contribution is 0.471. The predicted molar refractivity (Wildman–Crippen MR) is 57.7 cm³/mol. The molecule has 0 saturated heterocycles. The topological polar surface area (TPSA) is 29.9 Å². The van der Waals surface area contributed by atoms with Crippen molar-refractivity contribution in [1.82, 2.24) is 15.1 Å². The summed E-state index contributed by atoms with van der Waals surface area (Å²) in [6, 6.07) is 2.00. The van der Waals surface area contributed by atoms with Crippen molar-refractivity contribution in [2.45, 2.75) is 39.4 Å². The van der Waals surface area contributed by atoms with Gasteiger partial charge in [0, 0.05) is 19.3 Å². The fourth-order valence-corrected chi connectivity index (χ4v) is 1.16. The third-order valence-corrected chi connectivity index (χ3v) is 2.18. The van der Waals surface area contributed by atoms with E-state index in [-0.39, 0.29) is 5.54 Å². The Balaban J connectivity index is 2.59. The second kappa shape index (κ2) is 4.30. The van der Waals surface area contributed by atoms with Gasteiger partial charge < -0.3 is 0 Å². The molecule has 3 heteroatoms. The van der Waals surface area contributed by atoms with Crippen molar-refractivity contribution in [3.8, 4) is 12.3 Å². The molecular weight excluding hydrogens is 174 g/mol. The molecule has 0 radical (unpaired) electrons. The van der Waals surface area contributed by atoms with Crippen molar-refractivity contribution < 1.29 is 0 Å². The van der Waals surface area contributed by atoms with Crippen LogP contribution >= 0.6 is 0 Å². The zero-order chi connectivity index (χ0) is 10.6. The van der Waals surface area contributed by atoms with E-state index in [0.29, 0.717) is 0 Å². The maximum atomic E-state index is 5.38. The number of hydrogen-bond acceptors (Lipinski definition) is 2. The molecule has 76 valence electrons. The Labute approximate surface area is 85.5 Å². The zero-order valence-corrected chi connectivity index (χ0v) is 9.04. The predicted octanol–water partition coefficient (Wildman–Crippen LogP) is 1.40. The Hall–Kier alpha value is -1.27. The largest absolute Gasteiger partial charge is 0.296 e. The molecule has 1 aromatic heterocycles. The van der Waals surface area contributed by atoms with Crippen LogP contribution in [0.15, 0.2) is 12.3 Å². The fraction of sp³-hybridized carbons (Fsp3) is 0.545. The van der Waals surface area contributed by atoms with Crippen molar-refractivity contribution in [2.75, 3.05) is 0 Å². The molecule has 0 amide bonds. The van der Waals surface area contributed by atoms with Crippen LogP contribution in [0, 0.1) is 12.3 Å². The van der Waals surface area contributed by atoms with E-state index >= 15 is 0 Å². The molecule has 0 aliphatic heterocycles. The number of nitrogens with zero attached hydrogens (tertiary/aromatic N) is 2. The minimum Gasteiger partial charge on any atom is -0.296 e. The minimum atomic E-state index is -0.261. The molecule has 3 nitrogen and oxygen atoms in total. The lowest BCUT2D eigenvalue weighted by atomic mass is 10.1. The number of rotatable bonds is 4. The van der Waals surface area contributed by atoms with Crippen LogP contribution < -0.4 is 5.32 Å². The molecule has 0 aliphatic rings. The molecule has 0 atom stereocenters. The summed E-state index contributed by atoms with van der Waals surface area (Å²) in [5.74, 6) is 2.70. The van der Waals surface area contributed by atoms with Crippen molar-refractivity contribution in [1.29, 1.82) is 0 Å². The Morgan fingerprint density at radius 3 is 2.93 bits per heavy atom. The van der Waals surface area contributed by atoms with Crippen molar-refractivity contribution in [3.05, 3.63) is 18.0 Å². The first kappa shape index (κ1) is 10.8. The molecule has 0 fully saturated rings. The van der Waals surface area contributed by atoms with Gasteiger partial charge >= 0.3 is 0 Å². The van der Waals surface area contributed by atoms with Gasteiger partial charge in [0.05, 0.1) is 11.2 Å². The molecule has 1 heterocycles. The van der Waals surface area contributed by atoms with Gasteiger partial charge in [0.1, 0.15) is 0 Å². The quantitative estimate of drug-likeness (QED) is 0.729. The van der Waals surface area contributed by atoms with Gasteiger partial charge in [-0.15, -0.1) is 6.42 Å². The van der Waals surface area contributed by atoms with E-state index in [9.17, 15) is 0 Å². The first-order valence-electron chi connectivity index (χ1n) is 4.82. The molecule has 0 aromatic carbocycles. The van der Waals surface area contributed by atoms with E-state index in [2.05, 4.69) is 23.3 Å². The summed E-state index contributed by atoms with van der Waals surface area (Å²) in [5, 5.41) is 7.48. The zero-order valence-electron chi connectivity index (χ0n) is 9.04. The number of terminal acetylenes is 1. The summed E-state index contributed by atoms with van der Waals surface area (Å²) >= 11 is 0. The van der Waals surface area contributed by atoms with Crippen molar-refractivity contribution >= 4 is 0 Å². The third kappa shape index (κ3) is 2.61. The molecule has 0 bridgehead atoms. The monoisotopic (exact) mass is 191 g/mol. The van der Waals surface area contributed by atoms with Crippen LogP contribution in [0.2, 0.25) is 0 Å². The van der Waals surface area contributed by atoms with Gasteiger partial charge in [-0.1, -0.05) is 5.92 Å². The van der Waals surface area contributed by atoms with Crippen LogP contribution in [0.3, 0.4) is 0 Å². The standard InChI is InChI=1S/C11H17N3/c1-5-11(3,4)12-9-10-7-8-13-14(10)6-2/h1,7-8,12H,6,9H2,2-4H3. The number of aryl methyl sites for hydroxylation is 1. The first-order valence-corrected chi connectivity index (χ1v) is 4.82. The van der Waals surface area contributed by atoms with Crippen LogP contribution in [0.4, 0.5) is 0 Å². The second-order valence-corrected chi connectivity index (χ2v) is 3.76. The van der Waals surface area contributed by atoms with Gasteiger partial charge in [0.2, 0.25) is 0 Å². The summed E-state index contributed by atoms with van der Waals surface area (Å²) < 4.78 is 1.96. The normalized spacial score (nSPS) is 11.3. The van der Waals surface area contributed by atoms with E-state index in [1.54, 1.807) is 0 Å². The lowest BCUT2D eigenvalue weighted by Crippen LogP contribution is -2.37. The highest BCUT2D eigenvalue weighted by atomic mass is 15.3. The summed E-state index contributed by atoms with van der Waals surface area (Å²) in [5.41, 5.74) is 0.902. The molecule has 1 N–H and O–H groups in total. The van der Waals surface area contributed by atoms with Crippen LogP contribution in [0.5, 0.6) is 0 Å². The SMILES string of the molecule is C#CC(C)(C)NCc1ccnn1CC. The van der Waals surface area contributed by atoms with Crippen molar-refractivity contribution in [2.24, 2.45) is 0 Å². The van der Waals surface area contributed by atoms with Crippen LogP contribution in [0.1, 0.15) is 26.5 Å². The van der Waals surface area contributed by atoms with Gasteiger partial charge in [-0.3, -0.25) is 10.00 Å². The van der Waals surface area contributed by atoms with Crippen molar-refractivity contribution in [3.63, 3.8) is 0 Å². The van der Waals surface area contributed by atoms with Crippen LogP contribution in [-0.4, -0.2) is 15.3 Å². The Kier molecular flexibility index (Phi) is 3.32. The number of nitrogens with one attached hydrogen (secondary N) is 1. The highest BCUT2D eigenvalue weighted by molar-refractivity contribution is 5.09. The second-order valence-electron chi connectivity index (χ2n) is 3.76. The Bertz CT molecular complexity index is 331.